The molecule has 1 heterocycles. The molecule has 4 rings (SSSR count). The van der Waals surface area contributed by atoms with Crippen molar-refractivity contribution >= 4 is 40.9 Å². The van der Waals surface area contributed by atoms with Crippen molar-refractivity contribution in [1.82, 2.24) is 0 Å². The minimum absolute atomic E-state index is 0.157. The van der Waals surface area contributed by atoms with Gasteiger partial charge in [0.25, 0.3) is 5.91 Å². The van der Waals surface area contributed by atoms with Crippen LogP contribution in [-0.4, -0.2) is 30.1 Å². The number of benzene rings is 3. The number of ether oxygens (including phenoxy) is 1. The van der Waals surface area contributed by atoms with Gasteiger partial charge in [0, 0.05) is 22.6 Å². The van der Waals surface area contributed by atoms with Crippen molar-refractivity contribution in [2.75, 3.05) is 17.3 Å². The number of amides is 3. The average molecular weight is 475 g/mol. The van der Waals surface area contributed by atoms with E-state index in [4.69, 9.17) is 4.74 Å². The largest absolute Gasteiger partial charge is 0.497 e. The highest BCUT2D eigenvalue weighted by molar-refractivity contribution is 8.00. The Hall–Kier alpha value is -3.58. The van der Waals surface area contributed by atoms with E-state index < -0.39 is 5.25 Å². The highest BCUT2D eigenvalue weighted by Gasteiger charge is 2.40. The van der Waals surface area contributed by atoms with Crippen LogP contribution < -0.4 is 15.0 Å². The molecule has 1 unspecified atom stereocenters. The van der Waals surface area contributed by atoms with Crippen LogP contribution in [0.3, 0.4) is 0 Å². The lowest BCUT2D eigenvalue weighted by Crippen LogP contribution is -2.31. The second-order valence-corrected chi connectivity index (χ2v) is 9.61. The van der Waals surface area contributed by atoms with Crippen LogP contribution in [0.5, 0.6) is 5.75 Å². The van der Waals surface area contributed by atoms with Gasteiger partial charge in [-0.25, -0.2) is 4.90 Å². The normalized spacial score (nSPS) is 15.6. The number of hydrogen-bond donors (Lipinski definition) is 1. The van der Waals surface area contributed by atoms with E-state index in [2.05, 4.69) is 19.2 Å². The topological polar surface area (TPSA) is 75.7 Å². The first kappa shape index (κ1) is 23.6. The molecule has 1 atom stereocenters. The Bertz CT molecular complexity index is 1210. The van der Waals surface area contributed by atoms with Gasteiger partial charge in [-0.3, -0.25) is 14.4 Å². The molecule has 0 saturated carbocycles. The van der Waals surface area contributed by atoms with Gasteiger partial charge in [-0.05, 0) is 66.1 Å². The zero-order valence-electron chi connectivity index (χ0n) is 19.3. The second-order valence-electron chi connectivity index (χ2n) is 8.33. The summed E-state index contributed by atoms with van der Waals surface area (Å²) in [6, 6.07) is 21.7. The van der Waals surface area contributed by atoms with Crippen molar-refractivity contribution in [3.63, 3.8) is 0 Å². The summed E-state index contributed by atoms with van der Waals surface area (Å²) < 4.78 is 5.16. The molecule has 0 bridgehead atoms. The molecule has 7 heteroatoms. The molecule has 3 aromatic rings. The molecule has 3 aromatic carbocycles. The third kappa shape index (κ3) is 5.15. The molecule has 1 aliphatic rings. The number of carbonyl (C=O) groups excluding carboxylic acids is 3. The van der Waals surface area contributed by atoms with Crippen molar-refractivity contribution in [1.29, 1.82) is 0 Å². The Kier molecular flexibility index (Phi) is 7.03. The van der Waals surface area contributed by atoms with Crippen molar-refractivity contribution in [2.45, 2.75) is 36.3 Å². The highest BCUT2D eigenvalue weighted by atomic mass is 32.2. The van der Waals surface area contributed by atoms with E-state index in [1.165, 1.54) is 16.7 Å². The molecule has 1 N–H and O–H groups in total. The van der Waals surface area contributed by atoms with E-state index >= 15 is 0 Å². The molecular formula is C27H26N2O4S. The molecule has 0 spiro atoms. The third-order valence-electron chi connectivity index (χ3n) is 5.65. The molecule has 174 valence electrons. The SMILES string of the molecule is COc1cccc(C(=O)Nc2ccc(SC3CC(=O)N(c4ccc(C(C)C)cc4)C3=O)cc2)c1. The molecule has 3 amide bonds. The summed E-state index contributed by atoms with van der Waals surface area (Å²) in [4.78, 5) is 40.2. The first-order valence-corrected chi connectivity index (χ1v) is 11.9. The number of nitrogens with one attached hydrogen (secondary N) is 1. The standard InChI is InChI=1S/C27H26N2O4S/c1-17(2)18-7-11-21(12-8-18)29-25(30)16-24(27(29)32)34-23-13-9-20(10-14-23)28-26(31)19-5-4-6-22(15-19)33-3/h4-15,17,24H,16H2,1-3H3,(H,28,31). The van der Waals surface area contributed by atoms with Crippen LogP contribution in [0.4, 0.5) is 11.4 Å². The lowest BCUT2D eigenvalue weighted by molar-refractivity contribution is -0.121. The van der Waals surface area contributed by atoms with Crippen molar-refractivity contribution < 1.29 is 19.1 Å². The predicted molar refractivity (Wildman–Crippen MR) is 135 cm³/mol. The van der Waals surface area contributed by atoms with Crippen LogP contribution in [0.2, 0.25) is 0 Å². The number of thioether (sulfide) groups is 1. The number of imide groups is 1. The molecule has 0 radical (unpaired) electrons. The smallest absolute Gasteiger partial charge is 0.255 e. The maximum absolute atomic E-state index is 13.0. The number of hydrogen-bond acceptors (Lipinski definition) is 5. The fraction of sp³-hybridized carbons (Fsp3) is 0.222. The van der Waals surface area contributed by atoms with Crippen LogP contribution in [0, 0.1) is 0 Å². The third-order valence-corrected chi connectivity index (χ3v) is 6.84. The summed E-state index contributed by atoms with van der Waals surface area (Å²) in [6.07, 6.45) is 0.157. The van der Waals surface area contributed by atoms with Crippen molar-refractivity contribution in [2.24, 2.45) is 0 Å². The Morgan fingerprint density at radius 2 is 1.74 bits per heavy atom. The predicted octanol–water partition coefficient (Wildman–Crippen LogP) is 5.50. The quantitative estimate of drug-likeness (QED) is 0.458. The Balaban J connectivity index is 1.39. The van der Waals surface area contributed by atoms with Gasteiger partial charge >= 0.3 is 0 Å². The van der Waals surface area contributed by atoms with Gasteiger partial charge in [-0.1, -0.05) is 32.0 Å². The Morgan fingerprint density at radius 3 is 2.38 bits per heavy atom. The maximum atomic E-state index is 13.0. The van der Waals surface area contributed by atoms with E-state index in [1.807, 2.05) is 36.4 Å². The van der Waals surface area contributed by atoms with Gasteiger partial charge < -0.3 is 10.1 Å². The minimum atomic E-state index is -0.477. The second kappa shape index (κ2) is 10.1. The van der Waals surface area contributed by atoms with Crippen LogP contribution in [-0.2, 0) is 9.59 Å². The van der Waals surface area contributed by atoms with E-state index in [9.17, 15) is 14.4 Å². The molecular weight excluding hydrogens is 448 g/mol. The van der Waals surface area contributed by atoms with Crippen molar-refractivity contribution in [3.05, 3.63) is 83.9 Å². The van der Waals surface area contributed by atoms with Gasteiger partial charge in [-0.2, -0.15) is 0 Å². The van der Waals surface area contributed by atoms with E-state index in [-0.39, 0.29) is 24.1 Å². The van der Waals surface area contributed by atoms with E-state index in [0.717, 1.165) is 10.5 Å². The number of carbonyl (C=O) groups is 3. The zero-order valence-corrected chi connectivity index (χ0v) is 20.1. The minimum Gasteiger partial charge on any atom is -0.497 e. The molecule has 1 aliphatic heterocycles. The van der Waals surface area contributed by atoms with Gasteiger partial charge in [0.1, 0.15) is 5.75 Å². The van der Waals surface area contributed by atoms with Gasteiger partial charge in [0.05, 0.1) is 18.0 Å². The summed E-state index contributed by atoms with van der Waals surface area (Å²) in [7, 11) is 1.55. The first-order chi connectivity index (χ1) is 16.4. The van der Waals surface area contributed by atoms with Crippen LogP contribution in [0.1, 0.15) is 42.1 Å². The summed E-state index contributed by atoms with van der Waals surface area (Å²) in [5.41, 5.74) is 2.90. The number of anilines is 2. The summed E-state index contributed by atoms with van der Waals surface area (Å²) in [6.45, 7) is 4.20. The Morgan fingerprint density at radius 1 is 1.03 bits per heavy atom. The van der Waals surface area contributed by atoms with Crippen LogP contribution in [0.25, 0.3) is 0 Å². The van der Waals surface area contributed by atoms with Crippen LogP contribution in [0.15, 0.2) is 77.7 Å². The first-order valence-electron chi connectivity index (χ1n) is 11.0. The zero-order chi connectivity index (χ0) is 24.2. The fourth-order valence-corrected chi connectivity index (χ4v) is 4.78. The van der Waals surface area contributed by atoms with Crippen molar-refractivity contribution in [3.8, 4) is 5.75 Å². The molecule has 0 aliphatic carbocycles. The lowest BCUT2D eigenvalue weighted by Gasteiger charge is -2.16. The van der Waals surface area contributed by atoms with Gasteiger partial charge in [-0.15, -0.1) is 11.8 Å². The average Bonchev–Trinajstić information content (AvgIpc) is 3.12. The van der Waals surface area contributed by atoms with Gasteiger partial charge in [0.2, 0.25) is 11.8 Å². The lowest BCUT2D eigenvalue weighted by atomic mass is 10.0. The monoisotopic (exact) mass is 474 g/mol. The Labute approximate surface area is 203 Å². The number of nitrogens with zero attached hydrogens (tertiary/aromatic N) is 1. The number of methoxy groups -OCH3 is 1. The molecule has 34 heavy (non-hydrogen) atoms. The number of rotatable bonds is 7. The summed E-state index contributed by atoms with van der Waals surface area (Å²) in [5.74, 6) is 0.352. The highest BCUT2D eigenvalue weighted by Crippen LogP contribution is 2.35. The maximum Gasteiger partial charge on any atom is 0.255 e. The van der Waals surface area contributed by atoms with E-state index in [0.29, 0.717) is 28.6 Å². The fourth-order valence-electron chi connectivity index (χ4n) is 3.72. The summed E-state index contributed by atoms with van der Waals surface area (Å²) in [5, 5.41) is 2.38. The molecule has 6 nitrogen and oxygen atoms in total. The summed E-state index contributed by atoms with van der Waals surface area (Å²) >= 11 is 1.36. The van der Waals surface area contributed by atoms with Gasteiger partial charge in [0.15, 0.2) is 0 Å². The van der Waals surface area contributed by atoms with E-state index in [1.54, 1.807) is 43.5 Å². The molecule has 1 fully saturated rings. The molecule has 1 saturated heterocycles. The molecule has 0 aromatic heterocycles. The van der Waals surface area contributed by atoms with Crippen LogP contribution >= 0.6 is 11.8 Å².